The van der Waals surface area contributed by atoms with E-state index in [9.17, 15) is 23.3 Å². The molecule has 1 N–H and O–H groups in total. The second kappa shape index (κ2) is 10.1. The minimum Gasteiger partial charge on any atom is -0.489 e. The summed E-state index contributed by atoms with van der Waals surface area (Å²) in [6.07, 6.45) is 1.46. The second-order valence-electron chi connectivity index (χ2n) is 7.17. The summed E-state index contributed by atoms with van der Waals surface area (Å²) in [5, 5.41) is 13.7. The van der Waals surface area contributed by atoms with Crippen LogP contribution in [0.5, 0.6) is 5.75 Å². The van der Waals surface area contributed by atoms with Crippen LogP contribution < -0.4 is 10.1 Å². The SMILES string of the molecule is CS(=O)(=O)c1cc(C(=O)NCCc2ccc(OCc3ccccc3)cc2)cc([N+](=O)[O-])c1. The highest BCUT2D eigenvalue weighted by Gasteiger charge is 2.19. The lowest BCUT2D eigenvalue weighted by atomic mass is 10.1. The van der Waals surface area contributed by atoms with Crippen LogP contribution in [0.3, 0.4) is 0 Å². The second-order valence-corrected chi connectivity index (χ2v) is 9.18. The Labute approximate surface area is 185 Å². The fourth-order valence-electron chi connectivity index (χ4n) is 2.95. The smallest absolute Gasteiger partial charge is 0.271 e. The Bertz CT molecular complexity index is 1210. The van der Waals surface area contributed by atoms with Crippen LogP contribution in [-0.2, 0) is 22.9 Å². The largest absolute Gasteiger partial charge is 0.489 e. The van der Waals surface area contributed by atoms with Crippen molar-refractivity contribution in [2.45, 2.75) is 17.9 Å². The van der Waals surface area contributed by atoms with Gasteiger partial charge in [-0.05, 0) is 35.7 Å². The molecule has 0 aliphatic heterocycles. The number of nitrogens with zero attached hydrogens (tertiary/aromatic N) is 1. The number of hydrogen-bond acceptors (Lipinski definition) is 6. The van der Waals surface area contributed by atoms with Gasteiger partial charge in [-0.1, -0.05) is 42.5 Å². The van der Waals surface area contributed by atoms with Crippen molar-refractivity contribution in [3.8, 4) is 5.75 Å². The maximum atomic E-state index is 12.4. The van der Waals surface area contributed by atoms with E-state index in [-0.39, 0.29) is 17.0 Å². The summed E-state index contributed by atoms with van der Waals surface area (Å²) in [6.45, 7) is 0.745. The Morgan fingerprint density at radius 2 is 1.69 bits per heavy atom. The minimum atomic E-state index is -3.70. The van der Waals surface area contributed by atoms with E-state index in [0.29, 0.717) is 13.0 Å². The van der Waals surface area contributed by atoms with Gasteiger partial charge in [-0.25, -0.2) is 8.42 Å². The Balaban J connectivity index is 1.56. The molecular formula is C23H22N2O6S. The quantitative estimate of drug-likeness (QED) is 0.390. The molecule has 0 aromatic heterocycles. The Hall–Kier alpha value is -3.72. The van der Waals surface area contributed by atoms with Crippen molar-refractivity contribution in [3.63, 3.8) is 0 Å². The maximum absolute atomic E-state index is 12.4. The summed E-state index contributed by atoms with van der Waals surface area (Å²) in [5.74, 6) is 0.146. The standard InChI is InChI=1S/C23H22N2O6S/c1-32(29,30)22-14-19(13-20(15-22)25(27)28)23(26)24-12-11-17-7-9-21(10-8-17)31-16-18-5-3-2-4-6-18/h2-10,13-15H,11-12,16H2,1H3,(H,24,26). The van der Waals surface area contributed by atoms with Gasteiger partial charge in [0.25, 0.3) is 11.6 Å². The van der Waals surface area contributed by atoms with Gasteiger partial charge in [0, 0.05) is 30.5 Å². The lowest BCUT2D eigenvalue weighted by Crippen LogP contribution is -2.26. The first-order chi connectivity index (χ1) is 15.2. The highest BCUT2D eigenvalue weighted by atomic mass is 32.2. The van der Waals surface area contributed by atoms with Crippen LogP contribution in [0.1, 0.15) is 21.5 Å². The average molecular weight is 455 g/mol. The summed E-state index contributed by atoms with van der Waals surface area (Å²) >= 11 is 0. The topological polar surface area (TPSA) is 116 Å². The molecule has 0 radical (unpaired) electrons. The number of nitrogens with one attached hydrogen (secondary N) is 1. The van der Waals surface area contributed by atoms with Gasteiger partial charge in [-0.3, -0.25) is 14.9 Å². The van der Waals surface area contributed by atoms with Crippen molar-refractivity contribution in [1.82, 2.24) is 5.32 Å². The molecule has 9 heteroatoms. The molecule has 0 unspecified atom stereocenters. The summed E-state index contributed by atoms with van der Waals surface area (Å²) in [4.78, 5) is 22.5. The molecule has 0 bridgehead atoms. The number of hydrogen-bond donors (Lipinski definition) is 1. The van der Waals surface area contributed by atoms with Crippen LogP contribution in [-0.4, -0.2) is 32.0 Å². The highest BCUT2D eigenvalue weighted by molar-refractivity contribution is 7.90. The van der Waals surface area contributed by atoms with Crippen LogP contribution >= 0.6 is 0 Å². The average Bonchev–Trinajstić information content (AvgIpc) is 2.78. The molecule has 0 saturated carbocycles. The van der Waals surface area contributed by atoms with E-state index in [2.05, 4.69) is 5.32 Å². The van der Waals surface area contributed by atoms with E-state index in [1.165, 1.54) is 0 Å². The molecule has 166 valence electrons. The third kappa shape index (κ3) is 6.39. The van der Waals surface area contributed by atoms with E-state index in [1.807, 2.05) is 54.6 Å². The number of sulfone groups is 1. The Morgan fingerprint density at radius 1 is 1.00 bits per heavy atom. The maximum Gasteiger partial charge on any atom is 0.271 e. The fourth-order valence-corrected chi connectivity index (χ4v) is 3.63. The number of ether oxygens (including phenoxy) is 1. The predicted octanol–water partition coefficient (Wildman–Crippen LogP) is 3.55. The molecule has 0 saturated heterocycles. The molecule has 0 atom stereocenters. The van der Waals surface area contributed by atoms with Gasteiger partial charge < -0.3 is 10.1 Å². The number of nitro groups is 1. The molecule has 32 heavy (non-hydrogen) atoms. The van der Waals surface area contributed by atoms with Gasteiger partial charge in [-0.15, -0.1) is 0 Å². The lowest BCUT2D eigenvalue weighted by Gasteiger charge is -2.09. The monoisotopic (exact) mass is 454 g/mol. The molecule has 8 nitrogen and oxygen atoms in total. The Morgan fingerprint density at radius 3 is 2.31 bits per heavy atom. The van der Waals surface area contributed by atoms with Crippen LogP contribution in [0.15, 0.2) is 77.7 Å². The van der Waals surface area contributed by atoms with Crippen molar-refractivity contribution in [3.05, 3.63) is 99.6 Å². The minimum absolute atomic E-state index is 0.0794. The molecule has 1 amide bonds. The van der Waals surface area contributed by atoms with E-state index < -0.39 is 26.4 Å². The van der Waals surface area contributed by atoms with E-state index in [4.69, 9.17) is 4.74 Å². The van der Waals surface area contributed by atoms with Crippen LogP contribution in [0.4, 0.5) is 5.69 Å². The molecule has 3 rings (SSSR count). The number of carbonyl (C=O) groups is 1. The summed E-state index contributed by atoms with van der Waals surface area (Å²) in [6, 6.07) is 20.4. The number of non-ortho nitro benzene ring substituents is 1. The molecule has 0 aliphatic rings. The van der Waals surface area contributed by atoms with Gasteiger partial charge in [0.15, 0.2) is 9.84 Å². The summed E-state index contributed by atoms with van der Waals surface area (Å²) in [5.41, 5.74) is 1.50. The first-order valence-corrected chi connectivity index (χ1v) is 11.6. The first kappa shape index (κ1) is 23.0. The van der Waals surface area contributed by atoms with Crippen molar-refractivity contribution >= 4 is 21.4 Å². The molecule has 0 heterocycles. The number of amides is 1. The van der Waals surface area contributed by atoms with Gasteiger partial charge >= 0.3 is 0 Å². The van der Waals surface area contributed by atoms with Crippen molar-refractivity contribution < 1.29 is 22.9 Å². The molecule has 3 aromatic carbocycles. The van der Waals surface area contributed by atoms with Gasteiger partial charge in [0.2, 0.25) is 0 Å². The zero-order valence-electron chi connectivity index (χ0n) is 17.4. The van der Waals surface area contributed by atoms with Crippen molar-refractivity contribution in [2.24, 2.45) is 0 Å². The molecule has 0 fully saturated rings. The Kier molecular flexibility index (Phi) is 7.21. The first-order valence-electron chi connectivity index (χ1n) is 9.76. The van der Waals surface area contributed by atoms with Gasteiger partial charge in [-0.2, -0.15) is 0 Å². The number of rotatable bonds is 9. The normalized spacial score (nSPS) is 11.0. The third-order valence-electron chi connectivity index (χ3n) is 4.66. The summed E-state index contributed by atoms with van der Waals surface area (Å²) in [7, 11) is -3.70. The lowest BCUT2D eigenvalue weighted by molar-refractivity contribution is -0.385. The zero-order valence-corrected chi connectivity index (χ0v) is 18.2. The summed E-state index contributed by atoms with van der Waals surface area (Å²) < 4.78 is 29.3. The van der Waals surface area contributed by atoms with E-state index in [0.717, 1.165) is 41.3 Å². The van der Waals surface area contributed by atoms with E-state index >= 15 is 0 Å². The van der Waals surface area contributed by atoms with Crippen molar-refractivity contribution in [1.29, 1.82) is 0 Å². The number of benzene rings is 3. The predicted molar refractivity (Wildman–Crippen MR) is 119 cm³/mol. The van der Waals surface area contributed by atoms with E-state index in [1.54, 1.807) is 0 Å². The number of carbonyl (C=O) groups excluding carboxylic acids is 1. The zero-order chi connectivity index (χ0) is 23.1. The van der Waals surface area contributed by atoms with Crippen LogP contribution in [0.2, 0.25) is 0 Å². The molecule has 3 aromatic rings. The molecule has 0 aliphatic carbocycles. The van der Waals surface area contributed by atoms with Crippen molar-refractivity contribution in [2.75, 3.05) is 12.8 Å². The number of nitro benzene ring substituents is 1. The van der Waals surface area contributed by atoms with Crippen LogP contribution in [0.25, 0.3) is 0 Å². The molecular weight excluding hydrogens is 432 g/mol. The fraction of sp³-hybridized carbons (Fsp3) is 0.174. The van der Waals surface area contributed by atoms with Gasteiger partial charge in [0.1, 0.15) is 12.4 Å². The van der Waals surface area contributed by atoms with Crippen LogP contribution in [0, 0.1) is 10.1 Å². The highest BCUT2D eigenvalue weighted by Crippen LogP contribution is 2.21. The van der Waals surface area contributed by atoms with Gasteiger partial charge in [0.05, 0.1) is 9.82 Å². The third-order valence-corrected chi connectivity index (χ3v) is 5.76. The molecule has 0 spiro atoms.